The average Bonchev–Trinajstić information content (AvgIpc) is 2.76. The van der Waals surface area contributed by atoms with Gasteiger partial charge in [0.05, 0.1) is 13.2 Å². The number of aliphatic carboxylic acids is 1. The van der Waals surface area contributed by atoms with Crippen LogP contribution in [0.2, 0.25) is 0 Å². The summed E-state index contributed by atoms with van der Waals surface area (Å²) in [4.78, 5) is 25.3. The second-order valence-electron chi connectivity index (χ2n) is 7.99. The number of fused-ring (bicyclic) bond motifs is 1. The molecule has 32 heavy (non-hydrogen) atoms. The van der Waals surface area contributed by atoms with Crippen molar-refractivity contribution in [3.63, 3.8) is 0 Å². The highest BCUT2D eigenvalue weighted by atomic mass is 19.1. The van der Waals surface area contributed by atoms with Crippen molar-refractivity contribution >= 4 is 11.9 Å². The van der Waals surface area contributed by atoms with Crippen molar-refractivity contribution in [1.29, 1.82) is 0 Å². The molecule has 3 rings (SSSR count). The van der Waals surface area contributed by atoms with Gasteiger partial charge in [0, 0.05) is 37.2 Å². The Morgan fingerprint density at radius 2 is 2.00 bits per heavy atom. The zero-order chi connectivity index (χ0) is 22.9. The molecular weight excluding hydrogens is 415 g/mol. The summed E-state index contributed by atoms with van der Waals surface area (Å²) < 4.78 is 19.8. The fourth-order valence-corrected chi connectivity index (χ4v) is 3.71. The van der Waals surface area contributed by atoms with Crippen molar-refractivity contribution in [2.24, 2.45) is 0 Å². The number of hydrogen-bond acceptors (Lipinski definition) is 5. The third-order valence-electron chi connectivity index (χ3n) is 5.38. The van der Waals surface area contributed by atoms with Gasteiger partial charge in [-0.25, -0.2) is 4.39 Å². The molecular formula is C24H29FN2O5. The lowest BCUT2D eigenvalue weighted by molar-refractivity contribution is -0.137. The van der Waals surface area contributed by atoms with E-state index in [9.17, 15) is 19.1 Å². The van der Waals surface area contributed by atoms with Gasteiger partial charge < -0.3 is 20.3 Å². The van der Waals surface area contributed by atoms with Crippen molar-refractivity contribution < 1.29 is 28.9 Å². The topological polar surface area (TPSA) is 99.1 Å². The Morgan fingerprint density at radius 1 is 1.16 bits per heavy atom. The largest absolute Gasteiger partial charge is 0.505 e. The van der Waals surface area contributed by atoms with E-state index < -0.39 is 17.5 Å². The number of para-hydroxylation sites is 1. The molecule has 0 radical (unpaired) electrons. The number of hydrogen-bond donors (Lipinski definition) is 3. The van der Waals surface area contributed by atoms with Crippen molar-refractivity contribution in [1.82, 2.24) is 10.2 Å². The first-order chi connectivity index (χ1) is 15.4. The van der Waals surface area contributed by atoms with Crippen LogP contribution in [0.3, 0.4) is 0 Å². The number of carbonyl (C=O) groups excluding carboxylic acids is 1. The summed E-state index contributed by atoms with van der Waals surface area (Å²) in [5, 5.41) is 22.0. The first-order valence-corrected chi connectivity index (χ1v) is 10.8. The number of ether oxygens (including phenoxy) is 1. The van der Waals surface area contributed by atoms with Gasteiger partial charge in [-0.3, -0.25) is 14.5 Å². The summed E-state index contributed by atoms with van der Waals surface area (Å²) in [6, 6.07) is 9.92. The van der Waals surface area contributed by atoms with Crippen molar-refractivity contribution in [2.45, 2.75) is 45.2 Å². The molecule has 1 aliphatic rings. The van der Waals surface area contributed by atoms with Crippen LogP contribution in [-0.2, 0) is 29.1 Å². The van der Waals surface area contributed by atoms with Gasteiger partial charge in [-0.2, -0.15) is 0 Å². The van der Waals surface area contributed by atoms with Crippen LogP contribution in [0.15, 0.2) is 36.4 Å². The molecule has 0 aromatic heterocycles. The number of benzene rings is 2. The molecule has 2 aromatic carbocycles. The predicted octanol–water partition coefficient (Wildman–Crippen LogP) is 3.23. The summed E-state index contributed by atoms with van der Waals surface area (Å²) in [6.07, 6.45) is 3.03. The molecule has 3 N–H and O–H groups in total. The number of aromatic hydroxyl groups is 1. The number of carboxylic acid groups (broad SMARTS) is 1. The number of nitrogens with one attached hydrogen (secondary N) is 1. The van der Waals surface area contributed by atoms with Gasteiger partial charge in [-0.05, 0) is 43.4 Å². The summed E-state index contributed by atoms with van der Waals surface area (Å²) in [7, 11) is 0. The summed E-state index contributed by atoms with van der Waals surface area (Å²) in [5.41, 5.74) is 2.06. The van der Waals surface area contributed by atoms with E-state index in [0.717, 1.165) is 30.4 Å². The molecule has 0 saturated carbocycles. The first kappa shape index (κ1) is 23.5. The first-order valence-electron chi connectivity index (χ1n) is 10.8. The standard InChI is InChI=1S/C24H29FN2O5/c25-20-6-4-5-18(24(20)31)14-27-15-19-13-17(8-10-23(29)30)7-9-21(19)32-12-3-1-2-11-26-22(28)16-27/h4-7,9,13,31H,1-3,8,10-12,14-16H2,(H,26,28)(H,29,30). The molecule has 0 unspecified atom stereocenters. The van der Waals surface area contributed by atoms with E-state index in [-0.39, 0.29) is 25.4 Å². The molecule has 2 aromatic rings. The number of rotatable bonds is 5. The Bertz CT molecular complexity index is 950. The number of aryl methyl sites for hydroxylation is 1. The van der Waals surface area contributed by atoms with Crippen LogP contribution in [0.25, 0.3) is 0 Å². The van der Waals surface area contributed by atoms with Crippen molar-refractivity contribution in [3.05, 3.63) is 58.9 Å². The third kappa shape index (κ3) is 6.95. The van der Waals surface area contributed by atoms with Crippen LogP contribution in [0.4, 0.5) is 4.39 Å². The van der Waals surface area contributed by atoms with E-state index in [1.807, 2.05) is 23.1 Å². The summed E-state index contributed by atoms with van der Waals surface area (Å²) in [5.74, 6) is -1.48. The molecule has 0 saturated heterocycles. The van der Waals surface area contributed by atoms with Crippen LogP contribution >= 0.6 is 0 Å². The molecule has 7 nitrogen and oxygen atoms in total. The van der Waals surface area contributed by atoms with E-state index in [1.54, 1.807) is 6.07 Å². The van der Waals surface area contributed by atoms with Gasteiger partial charge in [0.1, 0.15) is 5.75 Å². The molecule has 1 aliphatic heterocycles. The Balaban J connectivity index is 1.89. The number of carboxylic acids is 1. The Hall–Kier alpha value is -3.13. The third-order valence-corrected chi connectivity index (χ3v) is 5.38. The second kappa shape index (κ2) is 11.5. The van der Waals surface area contributed by atoms with E-state index >= 15 is 0 Å². The molecule has 1 heterocycles. The van der Waals surface area contributed by atoms with Gasteiger partial charge in [0.2, 0.25) is 5.91 Å². The highest BCUT2D eigenvalue weighted by Crippen LogP contribution is 2.27. The second-order valence-corrected chi connectivity index (χ2v) is 7.99. The Kier molecular flexibility index (Phi) is 8.44. The fraction of sp³-hybridized carbons (Fsp3) is 0.417. The van der Waals surface area contributed by atoms with Gasteiger partial charge in [0.15, 0.2) is 11.6 Å². The molecule has 0 fully saturated rings. The number of amides is 1. The van der Waals surface area contributed by atoms with Gasteiger partial charge >= 0.3 is 5.97 Å². The predicted molar refractivity (Wildman–Crippen MR) is 117 cm³/mol. The molecule has 0 spiro atoms. The highest BCUT2D eigenvalue weighted by Gasteiger charge is 2.18. The summed E-state index contributed by atoms with van der Waals surface area (Å²) >= 11 is 0. The van der Waals surface area contributed by atoms with Crippen LogP contribution in [0.1, 0.15) is 42.4 Å². The van der Waals surface area contributed by atoms with Gasteiger partial charge in [-0.15, -0.1) is 0 Å². The van der Waals surface area contributed by atoms with Crippen LogP contribution in [-0.4, -0.2) is 46.7 Å². The highest BCUT2D eigenvalue weighted by molar-refractivity contribution is 5.78. The molecule has 0 bridgehead atoms. The number of carbonyl (C=O) groups is 2. The van der Waals surface area contributed by atoms with E-state index in [1.165, 1.54) is 12.1 Å². The number of phenols is 1. The van der Waals surface area contributed by atoms with E-state index in [4.69, 9.17) is 9.84 Å². The minimum atomic E-state index is -0.870. The molecule has 172 valence electrons. The Labute approximate surface area is 186 Å². The number of halogens is 1. The van der Waals surface area contributed by atoms with Crippen molar-refractivity contribution in [2.75, 3.05) is 19.7 Å². The lowest BCUT2D eigenvalue weighted by atomic mass is 10.0. The smallest absolute Gasteiger partial charge is 0.303 e. The number of phenolic OH excluding ortho intramolecular Hbond substituents is 1. The average molecular weight is 445 g/mol. The minimum Gasteiger partial charge on any atom is -0.505 e. The van der Waals surface area contributed by atoms with Crippen molar-refractivity contribution in [3.8, 4) is 11.5 Å². The van der Waals surface area contributed by atoms with Gasteiger partial charge in [-0.1, -0.05) is 24.3 Å². The Morgan fingerprint density at radius 3 is 2.81 bits per heavy atom. The molecule has 8 heteroatoms. The summed E-state index contributed by atoms with van der Waals surface area (Å²) in [6.45, 7) is 1.66. The molecule has 0 atom stereocenters. The van der Waals surface area contributed by atoms with E-state index in [0.29, 0.717) is 37.4 Å². The van der Waals surface area contributed by atoms with Crippen LogP contribution in [0, 0.1) is 5.82 Å². The lowest BCUT2D eigenvalue weighted by Crippen LogP contribution is -2.37. The zero-order valence-corrected chi connectivity index (χ0v) is 18.0. The van der Waals surface area contributed by atoms with Gasteiger partial charge in [0.25, 0.3) is 0 Å². The SMILES string of the molecule is O=C(O)CCc1ccc2c(c1)CN(Cc1cccc(F)c1O)CC(=O)NCCCCCO2. The quantitative estimate of drug-likeness (QED) is 0.655. The lowest BCUT2D eigenvalue weighted by Gasteiger charge is -2.24. The normalized spacial score (nSPS) is 16.0. The molecule has 1 amide bonds. The monoisotopic (exact) mass is 444 g/mol. The maximum Gasteiger partial charge on any atom is 0.303 e. The minimum absolute atomic E-state index is 0.0168. The fourth-order valence-electron chi connectivity index (χ4n) is 3.71. The van der Waals surface area contributed by atoms with Crippen LogP contribution in [0.5, 0.6) is 11.5 Å². The molecule has 0 aliphatic carbocycles. The zero-order valence-electron chi connectivity index (χ0n) is 18.0. The maximum absolute atomic E-state index is 13.8. The van der Waals surface area contributed by atoms with E-state index in [2.05, 4.69) is 5.32 Å². The van der Waals surface area contributed by atoms with Crippen LogP contribution < -0.4 is 10.1 Å². The number of nitrogens with zero attached hydrogens (tertiary/aromatic N) is 1. The maximum atomic E-state index is 13.8.